The minimum absolute atomic E-state index is 0.195. The molecule has 39 heavy (non-hydrogen) atoms. The fraction of sp³-hybridized carbons (Fsp3) is 0.727. The van der Waals surface area contributed by atoms with Crippen LogP contribution in [0.1, 0.15) is 40.5 Å². The van der Waals surface area contributed by atoms with E-state index in [1.807, 2.05) is 0 Å². The van der Waals surface area contributed by atoms with E-state index >= 15 is 0 Å². The maximum absolute atomic E-state index is 12.7. The molecule has 222 valence electrons. The number of aliphatic hydroxyl groups excluding tert-OH is 3. The number of nitrogens with one attached hydrogen (secondary N) is 4. The van der Waals surface area contributed by atoms with Gasteiger partial charge >= 0.3 is 0 Å². The second kappa shape index (κ2) is 15.3. The second-order valence-electron chi connectivity index (χ2n) is 9.13. The van der Waals surface area contributed by atoms with Crippen molar-refractivity contribution in [2.75, 3.05) is 6.61 Å². The van der Waals surface area contributed by atoms with Gasteiger partial charge in [-0.05, 0) is 27.2 Å². The number of aliphatic hydroxyl groups is 3. The van der Waals surface area contributed by atoms with Crippen molar-refractivity contribution in [1.29, 1.82) is 0 Å². The highest BCUT2D eigenvalue weighted by molar-refractivity contribution is 5.92. The Labute approximate surface area is 224 Å². The van der Waals surface area contributed by atoms with Gasteiger partial charge in [0.2, 0.25) is 35.4 Å². The van der Waals surface area contributed by atoms with Gasteiger partial charge in [0.15, 0.2) is 6.29 Å². The van der Waals surface area contributed by atoms with Gasteiger partial charge in [-0.3, -0.25) is 28.8 Å². The number of hydrogen-bond acceptors (Lipinski definition) is 11. The molecule has 9 atom stereocenters. The molecule has 0 radical (unpaired) electrons. The highest BCUT2D eigenvalue weighted by Crippen LogP contribution is 2.23. The lowest BCUT2D eigenvalue weighted by atomic mass is 9.96. The summed E-state index contributed by atoms with van der Waals surface area (Å²) in [6.45, 7) is 4.42. The van der Waals surface area contributed by atoms with Crippen molar-refractivity contribution in [3.05, 3.63) is 0 Å². The minimum Gasteiger partial charge on any atom is -0.394 e. The lowest BCUT2D eigenvalue weighted by Crippen LogP contribution is -2.65. The van der Waals surface area contributed by atoms with Crippen LogP contribution in [0.25, 0.3) is 0 Å². The molecule has 1 aliphatic heterocycles. The van der Waals surface area contributed by atoms with Crippen LogP contribution < -0.4 is 32.7 Å². The second-order valence-corrected chi connectivity index (χ2v) is 9.13. The van der Waals surface area contributed by atoms with Crippen LogP contribution in [0.2, 0.25) is 0 Å². The van der Waals surface area contributed by atoms with Crippen LogP contribution in [0.15, 0.2) is 0 Å². The number of primary amides is 2. The first-order valence-electron chi connectivity index (χ1n) is 12.1. The standard InChI is InChI=1S/C22H38N6O11/c1-8(18(23)33)25-14(31)6-5-12(19(24)34)28-20(35)9(2)26-21(36)10(3)38-17-15(27-11(4)30)22(37)39-13(7-29)16(17)32/h8-10,12-13,15-17,22,29,32,37H,5-7H2,1-4H3,(H2,23,33)(H2,24,34)(H,25,31)(H,26,36)(H,27,30)(H,28,35)/t8-,9-,10+,12+,13+,15+,16+,17+,22?/m0/s1. The first-order valence-corrected chi connectivity index (χ1v) is 12.1. The van der Waals surface area contributed by atoms with Crippen LogP contribution in [0.3, 0.4) is 0 Å². The molecule has 0 aromatic heterocycles. The number of nitrogens with two attached hydrogens (primary N) is 2. The van der Waals surface area contributed by atoms with E-state index in [4.69, 9.17) is 20.9 Å². The fourth-order valence-electron chi connectivity index (χ4n) is 3.57. The van der Waals surface area contributed by atoms with E-state index in [-0.39, 0.29) is 12.8 Å². The van der Waals surface area contributed by atoms with E-state index in [1.54, 1.807) is 0 Å². The molecule has 1 saturated heterocycles. The molecule has 0 saturated carbocycles. The van der Waals surface area contributed by atoms with Crippen LogP contribution in [-0.4, -0.2) is 112 Å². The summed E-state index contributed by atoms with van der Waals surface area (Å²) < 4.78 is 10.7. The van der Waals surface area contributed by atoms with Crippen molar-refractivity contribution < 1.29 is 53.6 Å². The number of hydrogen-bond donors (Lipinski definition) is 9. The molecule has 0 aliphatic carbocycles. The summed E-state index contributed by atoms with van der Waals surface area (Å²) >= 11 is 0. The monoisotopic (exact) mass is 562 g/mol. The van der Waals surface area contributed by atoms with Gasteiger partial charge in [-0.15, -0.1) is 0 Å². The third-order valence-electron chi connectivity index (χ3n) is 5.85. The molecule has 17 heteroatoms. The van der Waals surface area contributed by atoms with Gasteiger partial charge in [0.05, 0.1) is 6.61 Å². The third-order valence-corrected chi connectivity index (χ3v) is 5.85. The zero-order chi connectivity index (χ0) is 30.0. The number of carbonyl (C=O) groups is 6. The Bertz CT molecular complexity index is 919. The van der Waals surface area contributed by atoms with Gasteiger partial charge in [-0.25, -0.2) is 0 Å². The molecular weight excluding hydrogens is 524 g/mol. The maximum Gasteiger partial charge on any atom is 0.249 e. The molecule has 1 rings (SSSR count). The largest absolute Gasteiger partial charge is 0.394 e. The smallest absolute Gasteiger partial charge is 0.249 e. The third kappa shape index (κ3) is 10.4. The summed E-state index contributed by atoms with van der Waals surface area (Å²) in [5, 5.41) is 39.4. The van der Waals surface area contributed by atoms with Gasteiger partial charge in [0, 0.05) is 13.3 Å². The van der Waals surface area contributed by atoms with E-state index in [0.717, 1.165) is 6.92 Å². The Morgan fingerprint density at radius 1 is 0.923 bits per heavy atom. The summed E-state index contributed by atoms with van der Waals surface area (Å²) in [6.07, 6.45) is -7.62. The zero-order valence-electron chi connectivity index (χ0n) is 22.1. The molecule has 6 amide bonds. The molecule has 1 aliphatic rings. The van der Waals surface area contributed by atoms with Crippen molar-refractivity contribution in [3.63, 3.8) is 0 Å². The molecule has 0 aromatic rings. The van der Waals surface area contributed by atoms with Crippen molar-refractivity contribution in [1.82, 2.24) is 21.3 Å². The average molecular weight is 563 g/mol. The lowest BCUT2D eigenvalue weighted by molar-refractivity contribution is -0.266. The van der Waals surface area contributed by atoms with Crippen LogP contribution in [-0.2, 0) is 38.2 Å². The highest BCUT2D eigenvalue weighted by atomic mass is 16.6. The Hall–Kier alpha value is -3.38. The maximum atomic E-state index is 12.7. The van der Waals surface area contributed by atoms with Crippen LogP contribution in [0, 0.1) is 0 Å². The minimum atomic E-state index is -1.66. The Balaban J connectivity index is 2.76. The number of carbonyl (C=O) groups excluding carboxylic acids is 6. The zero-order valence-corrected chi connectivity index (χ0v) is 22.1. The van der Waals surface area contributed by atoms with Gasteiger partial charge in [0.1, 0.15) is 48.6 Å². The Morgan fingerprint density at radius 2 is 1.54 bits per heavy atom. The van der Waals surface area contributed by atoms with E-state index in [2.05, 4.69) is 21.3 Å². The number of amides is 6. The Kier molecular flexibility index (Phi) is 13.2. The van der Waals surface area contributed by atoms with Crippen molar-refractivity contribution in [2.45, 2.75) is 95.4 Å². The number of rotatable bonds is 14. The van der Waals surface area contributed by atoms with Gasteiger partial charge in [-0.1, -0.05) is 0 Å². The predicted molar refractivity (Wildman–Crippen MR) is 131 cm³/mol. The lowest BCUT2D eigenvalue weighted by Gasteiger charge is -2.43. The van der Waals surface area contributed by atoms with Crippen LogP contribution in [0.5, 0.6) is 0 Å². The van der Waals surface area contributed by atoms with Crippen LogP contribution in [0.4, 0.5) is 0 Å². The normalized spacial score (nSPS) is 25.8. The molecule has 0 aromatic carbocycles. The Morgan fingerprint density at radius 3 is 2.05 bits per heavy atom. The van der Waals surface area contributed by atoms with E-state index in [9.17, 15) is 44.1 Å². The van der Waals surface area contributed by atoms with Gasteiger partial charge in [0.25, 0.3) is 0 Å². The molecule has 17 nitrogen and oxygen atoms in total. The van der Waals surface area contributed by atoms with Crippen molar-refractivity contribution in [3.8, 4) is 0 Å². The van der Waals surface area contributed by atoms with Crippen molar-refractivity contribution >= 4 is 35.4 Å². The molecule has 1 unspecified atom stereocenters. The van der Waals surface area contributed by atoms with E-state index < -0.39 is 96.9 Å². The van der Waals surface area contributed by atoms with E-state index in [1.165, 1.54) is 20.8 Å². The van der Waals surface area contributed by atoms with Gasteiger partial charge < -0.3 is 57.5 Å². The molecule has 0 bridgehead atoms. The van der Waals surface area contributed by atoms with Gasteiger partial charge in [-0.2, -0.15) is 0 Å². The average Bonchev–Trinajstić information content (AvgIpc) is 2.84. The van der Waals surface area contributed by atoms with Crippen molar-refractivity contribution in [2.24, 2.45) is 11.5 Å². The summed E-state index contributed by atoms with van der Waals surface area (Å²) in [7, 11) is 0. The summed E-state index contributed by atoms with van der Waals surface area (Å²) in [4.78, 5) is 71.5. The molecule has 1 fully saturated rings. The van der Waals surface area contributed by atoms with E-state index in [0.29, 0.717) is 0 Å². The van der Waals surface area contributed by atoms with Crippen LogP contribution >= 0.6 is 0 Å². The topological polar surface area (TPSA) is 282 Å². The first-order chi connectivity index (χ1) is 18.1. The molecule has 11 N–H and O–H groups in total. The predicted octanol–water partition coefficient (Wildman–Crippen LogP) is -5.42. The number of ether oxygens (including phenoxy) is 2. The first kappa shape index (κ1) is 33.6. The quantitative estimate of drug-likeness (QED) is 0.0962. The summed E-state index contributed by atoms with van der Waals surface area (Å²) in [5.41, 5.74) is 10.4. The SMILES string of the molecule is CC(=O)N[C@H]1C(O)O[C@H](CO)[C@@H](O)[C@@H]1O[C@H](C)C(=O)N[C@@H](C)C(=O)N[C@H](CCC(=O)N[C@@H](C)C(N)=O)C(N)=O. The molecule has 1 heterocycles. The summed E-state index contributed by atoms with van der Waals surface area (Å²) in [5.74, 6) is -4.53. The molecular formula is C22H38N6O11. The molecule has 0 spiro atoms. The highest BCUT2D eigenvalue weighted by Gasteiger charge is 2.47. The summed E-state index contributed by atoms with van der Waals surface area (Å²) in [6, 6.07) is -4.70. The fourth-order valence-corrected chi connectivity index (χ4v) is 3.57.